The standard InChI is InChI=1S/C30H23.2ClH.Zr/c1-2-21-22-11-3-8-16-27(22)29-17-9-10-20(30(21)29)18-19-28-25-14-6-4-12-23(25)24-13-5-7-15-26(24)28;;;/h2-18,21,28H,1,19H2;2*1H;/q;;;+2/p-2. The van der Waals surface area contributed by atoms with E-state index in [1.165, 1.54) is 50.1 Å². The van der Waals surface area contributed by atoms with E-state index in [0.29, 0.717) is 5.92 Å². The van der Waals surface area contributed by atoms with Crippen LogP contribution in [0.3, 0.4) is 0 Å². The van der Waals surface area contributed by atoms with E-state index in [1.807, 2.05) is 0 Å². The van der Waals surface area contributed by atoms with Gasteiger partial charge in [-0.15, -0.1) is 0 Å². The third-order valence-corrected chi connectivity index (χ3v) is 13.1. The van der Waals surface area contributed by atoms with Crippen LogP contribution in [-0.4, -0.2) is 0 Å². The van der Waals surface area contributed by atoms with E-state index in [1.54, 1.807) is 0 Å². The molecule has 2 unspecified atom stereocenters. The zero-order valence-corrected chi connectivity index (χ0v) is 22.1. The fraction of sp³-hybridized carbons (Fsp3) is 0.133. The number of hydrogen-bond acceptors (Lipinski definition) is 0. The fourth-order valence-corrected chi connectivity index (χ4v) is 10.6. The molecule has 4 aromatic rings. The molecule has 0 fully saturated rings. The van der Waals surface area contributed by atoms with Crippen LogP contribution < -0.4 is 0 Å². The van der Waals surface area contributed by atoms with Gasteiger partial charge in [0.2, 0.25) is 0 Å². The predicted octanol–water partition coefficient (Wildman–Crippen LogP) is 9.15. The summed E-state index contributed by atoms with van der Waals surface area (Å²) in [6.07, 6.45) is 3.03. The topological polar surface area (TPSA) is 0 Å². The third kappa shape index (κ3) is 3.44. The van der Waals surface area contributed by atoms with Crippen LogP contribution >= 0.6 is 17.0 Å². The molecule has 0 aromatic heterocycles. The minimum absolute atomic E-state index is 0.189. The Morgan fingerprint density at radius 2 is 1.21 bits per heavy atom. The van der Waals surface area contributed by atoms with Gasteiger partial charge in [-0.2, -0.15) is 0 Å². The predicted molar refractivity (Wildman–Crippen MR) is 137 cm³/mol. The summed E-state index contributed by atoms with van der Waals surface area (Å²) >= 11 is -2.70. The summed E-state index contributed by atoms with van der Waals surface area (Å²) in [7, 11) is 13.9. The van der Waals surface area contributed by atoms with Gasteiger partial charge in [-0.05, 0) is 0 Å². The fourth-order valence-electron chi connectivity index (χ4n) is 5.97. The maximum absolute atomic E-state index is 6.95. The average Bonchev–Trinajstić information content (AvgIpc) is 3.35. The third-order valence-electron chi connectivity index (χ3n) is 7.35. The van der Waals surface area contributed by atoms with Crippen LogP contribution in [0.5, 0.6) is 0 Å². The molecule has 4 aromatic carbocycles. The summed E-state index contributed by atoms with van der Waals surface area (Å²) in [5.74, 6) is 0.506. The molecule has 0 radical (unpaired) electrons. The van der Waals surface area contributed by atoms with Crippen LogP contribution in [-0.2, 0) is 19.4 Å². The van der Waals surface area contributed by atoms with Crippen molar-refractivity contribution >= 4 is 17.0 Å². The maximum atomic E-state index is 6.95. The number of allylic oxidation sites excluding steroid dienone is 1. The Bertz CT molecular complexity index is 1330. The first-order chi connectivity index (χ1) is 16.2. The second-order valence-corrected chi connectivity index (χ2v) is 18.0. The summed E-state index contributed by atoms with van der Waals surface area (Å²) in [5.41, 5.74) is 12.1. The van der Waals surface area contributed by atoms with Crippen molar-refractivity contribution in [3.05, 3.63) is 131 Å². The zero-order valence-electron chi connectivity index (χ0n) is 18.1. The summed E-state index contributed by atoms with van der Waals surface area (Å²) < 4.78 is 0.201. The van der Waals surface area contributed by atoms with E-state index in [9.17, 15) is 0 Å². The molecule has 33 heavy (non-hydrogen) atoms. The second kappa shape index (κ2) is 8.70. The summed E-state index contributed by atoms with van der Waals surface area (Å²) in [6.45, 7) is 4.20. The quantitative estimate of drug-likeness (QED) is 0.219. The Hall–Kier alpha value is -1.92. The van der Waals surface area contributed by atoms with Gasteiger partial charge >= 0.3 is 212 Å². The summed E-state index contributed by atoms with van der Waals surface area (Å²) in [5, 5.41) is 0. The SMILES string of the molecule is C=CC1c2ccccc2-c2cccc([CH](CC3c4ccccc4-c4ccccc43)[Zr]([Cl])[Cl])c21. The number of fused-ring (bicyclic) bond motifs is 6. The van der Waals surface area contributed by atoms with E-state index in [4.69, 9.17) is 17.0 Å². The van der Waals surface area contributed by atoms with Crippen molar-refractivity contribution in [3.8, 4) is 22.3 Å². The van der Waals surface area contributed by atoms with Crippen LogP contribution in [0.25, 0.3) is 22.3 Å². The molecule has 2 atom stereocenters. The van der Waals surface area contributed by atoms with Gasteiger partial charge in [0.25, 0.3) is 0 Å². The minimum atomic E-state index is -2.70. The molecule has 0 spiro atoms. The molecule has 161 valence electrons. The number of hydrogen-bond donors (Lipinski definition) is 0. The summed E-state index contributed by atoms with van der Waals surface area (Å²) in [4.78, 5) is 0. The van der Waals surface area contributed by atoms with Gasteiger partial charge in [-0.1, -0.05) is 0 Å². The Morgan fingerprint density at radius 3 is 1.79 bits per heavy atom. The van der Waals surface area contributed by atoms with E-state index in [-0.39, 0.29) is 9.54 Å². The first-order valence-electron chi connectivity index (χ1n) is 11.4. The monoisotopic (exact) mass is 543 g/mol. The average molecular weight is 546 g/mol. The van der Waals surface area contributed by atoms with Crippen molar-refractivity contribution in [2.24, 2.45) is 0 Å². The molecular formula is C30H23Cl2Zr. The Labute approximate surface area is 210 Å². The van der Waals surface area contributed by atoms with Gasteiger partial charge in [-0.3, -0.25) is 0 Å². The molecule has 2 aliphatic rings. The Kier molecular flexibility index (Phi) is 5.70. The van der Waals surface area contributed by atoms with E-state index < -0.39 is 19.4 Å². The van der Waals surface area contributed by atoms with Crippen molar-refractivity contribution in [1.82, 2.24) is 0 Å². The molecular weight excluding hydrogens is 522 g/mol. The van der Waals surface area contributed by atoms with Gasteiger partial charge in [0.05, 0.1) is 0 Å². The molecule has 0 amide bonds. The van der Waals surface area contributed by atoms with Gasteiger partial charge in [0, 0.05) is 0 Å². The van der Waals surface area contributed by atoms with Crippen LogP contribution in [0.15, 0.2) is 104 Å². The van der Waals surface area contributed by atoms with Gasteiger partial charge in [-0.25, -0.2) is 0 Å². The zero-order chi connectivity index (χ0) is 22.5. The van der Waals surface area contributed by atoms with Crippen LogP contribution in [0.2, 0.25) is 0 Å². The molecule has 6 rings (SSSR count). The van der Waals surface area contributed by atoms with Gasteiger partial charge in [0.15, 0.2) is 0 Å². The van der Waals surface area contributed by atoms with Crippen molar-refractivity contribution in [2.45, 2.75) is 21.9 Å². The van der Waals surface area contributed by atoms with Crippen LogP contribution in [0, 0.1) is 0 Å². The van der Waals surface area contributed by atoms with Crippen molar-refractivity contribution in [2.75, 3.05) is 0 Å². The van der Waals surface area contributed by atoms with Crippen LogP contribution in [0.4, 0.5) is 0 Å². The molecule has 0 aliphatic heterocycles. The summed E-state index contributed by atoms with van der Waals surface area (Å²) in [6, 6.07) is 33.0. The van der Waals surface area contributed by atoms with E-state index >= 15 is 0 Å². The molecule has 0 N–H and O–H groups in total. The molecule has 2 aliphatic carbocycles. The van der Waals surface area contributed by atoms with Gasteiger partial charge < -0.3 is 0 Å². The first-order valence-corrected chi connectivity index (χ1v) is 19.1. The number of rotatable bonds is 5. The van der Waals surface area contributed by atoms with Gasteiger partial charge in [0.1, 0.15) is 0 Å². The van der Waals surface area contributed by atoms with E-state index in [2.05, 4.69) is 104 Å². The van der Waals surface area contributed by atoms with Crippen molar-refractivity contribution < 1.29 is 19.4 Å². The van der Waals surface area contributed by atoms with Crippen molar-refractivity contribution in [3.63, 3.8) is 0 Å². The van der Waals surface area contributed by atoms with Crippen LogP contribution in [0.1, 0.15) is 49.7 Å². The Morgan fingerprint density at radius 1 is 0.697 bits per heavy atom. The molecule has 0 nitrogen and oxygen atoms in total. The molecule has 0 bridgehead atoms. The molecule has 0 saturated heterocycles. The normalized spacial score (nSPS) is 16.5. The molecule has 0 heterocycles. The first kappa shape index (κ1) is 21.6. The van der Waals surface area contributed by atoms with E-state index in [0.717, 1.165) is 6.42 Å². The number of halogens is 2. The molecule has 0 saturated carbocycles. The number of benzene rings is 4. The second-order valence-electron chi connectivity index (χ2n) is 8.91. The molecule has 3 heteroatoms. The van der Waals surface area contributed by atoms with Crippen molar-refractivity contribution in [1.29, 1.82) is 0 Å². The Balaban J connectivity index is 1.48.